The van der Waals surface area contributed by atoms with Crippen molar-refractivity contribution in [2.45, 2.75) is 73.8 Å². The third kappa shape index (κ3) is 5.39. The van der Waals surface area contributed by atoms with E-state index in [1.54, 1.807) is 30.9 Å². The first-order valence-corrected chi connectivity index (χ1v) is 12.9. The molecule has 1 saturated heterocycles. The van der Waals surface area contributed by atoms with Crippen molar-refractivity contribution in [3.8, 4) is 0 Å². The molecule has 3 aromatic rings. The van der Waals surface area contributed by atoms with Gasteiger partial charge in [0, 0.05) is 42.2 Å². The summed E-state index contributed by atoms with van der Waals surface area (Å²) in [5.74, 6) is -0.221. The number of carbonyl (C=O) groups excluding carboxylic acids is 1. The zero-order valence-corrected chi connectivity index (χ0v) is 22.6. The third-order valence-corrected chi connectivity index (χ3v) is 6.88. The Morgan fingerprint density at radius 1 is 1.06 bits per heavy atom. The molecule has 1 amide bonds. The molecule has 1 aliphatic rings. The molecule has 1 atom stereocenters. The van der Waals surface area contributed by atoms with E-state index < -0.39 is 0 Å². The highest BCUT2D eigenvalue weighted by Gasteiger charge is 2.27. The molecule has 1 aromatic heterocycles. The van der Waals surface area contributed by atoms with Gasteiger partial charge in [0.15, 0.2) is 5.43 Å². The molecule has 4 rings (SSSR count). The molecule has 2 aromatic carbocycles. The van der Waals surface area contributed by atoms with Gasteiger partial charge >= 0.3 is 0 Å². The van der Waals surface area contributed by atoms with Crippen LogP contribution in [0.4, 0.5) is 10.1 Å². The normalized spacial score (nSPS) is 14.7. The molecule has 6 heteroatoms. The van der Waals surface area contributed by atoms with Gasteiger partial charge in [-0.1, -0.05) is 40.7 Å². The summed E-state index contributed by atoms with van der Waals surface area (Å²) in [6, 6.07) is 8.92. The Balaban J connectivity index is 0.00000176. The number of pyridine rings is 1. The molecule has 194 valence electrons. The summed E-state index contributed by atoms with van der Waals surface area (Å²) in [4.78, 5) is 27.0. The van der Waals surface area contributed by atoms with Crippen molar-refractivity contribution >= 4 is 22.5 Å². The lowest BCUT2D eigenvalue weighted by molar-refractivity contribution is -0.117. The molecule has 0 saturated carbocycles. The number of aryl methyl sites for hydroxylation is 2. The number of fused-ring (bicyclic) bond motifs is 1. The summed E-state index contributed by atoms with van der Waals surface area (Å²) < 4.78 is 17.0. The van der Waals surface area contributed by atoms with Gasteiger partial charge in [-0.05, 0) is 66.6 Å². The average molecular weight is 495 g/mol. The van der Waals surface area contributed by atoms with Crippen molar-refractivity contribution in [1.29, 1.82) is 0 Å². The Labute approximate surface area is 213 Å². The van der Waals surface area contributed by atoms with Crippen molar-refractivity contribution in [3.63, 3.8) is 0 Å². The second-order valence-electron chi connectivity index (χ2n) is 10.5. The minimum atomic E-state index is -0.287. The molecule has 2 heterocycles. The zero-order chi connectivity index (χ0) is 26.8. The van der Waals surface area contributed by atoms with Crippen LogP contribution in [0.3, 0.4) is 0 Å². The lowest BCUT2D eigenvalue weighted by atomic mass is 9.86. The number of hydrogen-bond acceptors (Lipinski definition) is 3. The molecule has 36 heavy (non-hydrogen) atoms. The second-order valence-corrected chi connectivity index (χ2v) is 10.5. The van der Waals surface area contributed by atoms with E-state index in [-0.39, 0.29) is 35.2 Å². The SMILES string of the molecule is CC.Cc1cc(N2CCCC2=O)cc(Cc2ccc3c(c2)c(=O)c(C)cn3C(CO)C(C)(C)C)c1F. The van der Waals surface area contributed by atoms with E-state index in [0.29, 0.717) is 41.5 Å². The number of carbonyl (C=O) groups is 1. The summed E-state index contributed by atoms with van der Waals surface area (Å²) in [5, 5.41) is 10.7. The van der Waals surface area contributed by atoms with Gasteiger partial charge in [-0.3, -0.25) is 9.59 Å². The van der Waals surface area contributed by atoms with Gasteiger partial charge < -0.3 is 14.6 Å². The minimum Gasteiger partial charge on any atom is -0.394 e. The standard InChI is InChI=1S/C28H33FN2O3.C2H6/c1-17-11-21(30-10-6-7-25(30)33)14-20(26(17)29)12-19-8-9-23-22(13-19)27(34)18(2)15-31(23)24(16-32)28(3,4)5;1-2/h8-9,11,13-15,24,32H,6-7,10,12,16H2,1-5H3;1-2H3. The number of rotatable bonds is 5. The van der Waals surface area contributed by atoms with Gasteiger partial charge in [0.25, 0.3) is 0 Å². The third-order valence-electron chi connectivity index (χ3n) is 6.88. The van der Waals surface area contributed by atoms with Gasteiger partial charge in [-0.15, -0.1) is 0 Å². The lowest BCUT2D eigenvalue weighted by Crippen LogP contribution is -2.29. The molecule has 0 bridgehead atoms. The molecule has 1 aliphatic heterocycles. The van der Waals surface area contributed by atoms with Gasteiger partial charge in [0.2, 0.25) is 5.91 Å². The van der Waals surface area contributed by atoms with Crippen LogP contribution in [-0.4, -0.2) is 28.7 Å². The number of amides is 1. The predicted molar refractivity (Wildman–Crippen MR) is 145 cm³/mol. The Morgan fingerprint density at radius 2 is 1.75 bits per heavy atom. The smallest absolute Gasteiger partial charge is 0.227 e. The van der Waals surface area contributed by atoms with Gasteiger partial charge in [-0.25, -0.2) is 4.39 Å². The number of halogens is 1. The van der Waals surface area contributed by atoms with Crippen LogP contribution in [-0.2, 0) is 11.2 Å². The van der Waals surface area contributed by atoms with Crippen molar-refractivity contribution in [2.75, 3.05) is 18.1 Å². The topological polar surface area (TPSA) is 62.5 Å². The Morgan fingerprint density at radius 3 is 2.33 bits per heavy atom. The Kier molecular flexibility index (Phi) is 8.40. The number of anilines is 1. The van der Waals surface area contributed by atoms with Crippen molar-refractivity contribution < 1.29 is 14.3 Å². The van der Waals surface area contributed by atoms with Crippen LogP contribution in [0.5, 0.6) is 0 Å². The van der Waals surface area contributed by atoms with Crippen LogP contribution in [0.2, 0.25) is 0 Å². The van der Waals surface area contributed by atoms with Crippen molar-refractivity contribution in [1.82, 2.24) is 4.57 Å². The second kappa shape index (κ2) is 11.0. The fraction of sp³-hybridized carbons (Fsp3) is 0.467. The van der Waals surface area contributed by atoms with E-state index in [0.717, 1.165) is 23.2 Å². The Bertz CT molecular complexity index is 1320. The highest BCUT2D eigenvalue weighted by Crippen LogP contribution is 2.33. The maximum absolute atomic E-state index is 15.1. The maximum Gasteiger partial charge on any atom is 0.227 e. The van der Waals surface area contributed by atoms with E-state index in [1.165, 1.54) is 0 Å². The highest BCUT2D eigenvalue weighted by atomic mass is 19.1. The van der Waals surface area contributed by atoms with E-state index in [9.17, 15) is 14.7 Å². The summed E-state index contributed by atoms with van der Waals surface area (Å²) >= 11 is 0. The Hall–Kier alpha value is -2.99. The maximum atomic E-state index is 15.1. The molecule has 1 fully saturated rings. The van der Waals surface area contributed by atoms with Gasteiger partial charge in [-0.2, -0.15) is 0 Å². The lowest BCUT2D eigenvalue weighted by Gasteiger charge is -2.33. The predicted octanol–water partition coefficient (Wildman–Crippen LogP) is 6.08. The molecule has 0 spiro atoms. The fourth-order valence-electron chi connectivity index (χ4n) is 4.93. The van der Waals surface area contributed by atoms with Gasteiger partial charge in [0.05, 0.1) is 18.2 Å². The van der Waals surface area contributed by atoms with Crippen LogP contribution in [0.25, 0.3) is 10.9 Å². The van der Waals surface area contributed by atoms with Crippen LogP contribution in [0, 0.1) is 25.1 Å². The number of nitrogens with zero attached hydrogens (tertiary/aromatic N) is 2. The van der Waals surface area contributed by atoms with Crippen LogP contribution in [0.15, 0.2) is 41.3 Å². The average Bonchev–Trinajstić information content (AvgIpc) is 3.26. The summed E-state index contributed by atoms with van der Waals surface area (Å²) in [6.07, 6.45) is 3.46. The van der Waals surface area contributed by atoms with Crippen LogP contribution in [0.1, 0.15) is 75.8 Å². The minimum absolute atomic E-state index is 0.0465. The molecule has 5 nitrogen and oxygen atoms in total. The zero-order valence-electron chi connectivity index (χ0n) is 22.6. The largest absolute Gasteiger partial charge is 0.394 e. The van der Waals surface area contributed by atoms with Crippen LogP contribution < -0.4 is 10.3 Å². The summed E-state index contributed by atoms with van der Waals surface area (Å²) in [5.41, 5.74) is 3.63. The first-order valence-electron chi connectivity index (χ1n) is 12.9. The number of aliphatic hydroxyl groups excluding tert-OH is 1. The highest BCUT2D eigenvalue weighted by molar-refractivity contribution is 5.95. The van der Waals surface area contributed by atoms with E-state index >= 15 is 4.39 Å². The number of benzene rings is 2. The van der Waals surface area contributed by atoms with Crippen LogP contribution >= 0.6 is 0 Å². The first kappa shape index (κ1) is 27.6. The van der Waals surface area contributed by atoms with E-state index in [4.69, 9.17) is 0 Å². The number of hydrogen-bond donors (Lipinski definition) is 1. The quantitative estimate of drug-likeness (QED) is 0.468. The molecular weight excluding hydrogens is 455 g/mol. The monoisotopic (exact) mass is 494 g/mol. The van der Waals surface area contributed by atoms with Crippen molar-refractivity contribution in [3.05, 3.63) is 74.8 Å². The molecular formula is C30H39FN2O3. The number of aliphatic hydroxyl groups is 1. The molecule has 0 radical (unpaired) electrons. The van der Waals surface area contributed by atoms with E-state index in [1.807, 2.05) is 42.8 Å². The number of aromatic nitrogens is 1. The molecule has 0 aliphatic carbocycles. The van der Waals surface area contributed by atoms with Gasteiger partial charge in [0.1, 0.15) is 5.82 Å². The summed E-state index contributed by atoms with van der Waals surface area (Å²) in [7, 11) is 0. The first-order chi connectivity index (χ1) is 17.0. The van der Waals surface area contributed by atoms with E-state index in [2.05, 4.69) is 20.8 Å². The summed E-state index contributed by atoms with van der Waals surface area (Å²) in [6.45, 7) is 14.3. The molecule has 1 unspecified atom stereocenters. The van der Waals surface area contributed by atoms with Crippen molar-refractivity contribution in [2.24, 2.45) is 5.41 Å². The fourth-order valence-corrected chi connectivity index (χ4v) is 4.93. The molecule has 1 N–H and O–H groups in total.